The van der Waals surface area contributed by atoms with E-state index >= 15 is 0 Å². The third kappa shape index (κ3) is 2.19. The van der Waals surface area contributed by atoms with Gasteiger partial charge in [-0.3, -0.25) is 0 Å². The van der Waals surface area contributed by atoms with Crippen LogP contribution in [-0.2, 0) is 13.5 Å². The summed E-state index contributed by atoms with van der Waals surface area (Å²) in [7, 11) is 1.56. The number of aryl methyl sites for hydroxylation is 1. The summed E-state index contributed by atoms with van der Waals surface area (Å²) in [6.07, 6.45) is -2.60. The molecule has 68 valence electrons. The van der Waals surface area contributed by atoms with E-state index in [0.29, 0.717) is 0 Å². The maximum atomic E-state index is 11.9. The fourth-order valence-corrected chi connectivity index (χ4v) is 0.705. The second-order valence-corrected chi connectivity index (χ2v) is 2.40. The minimum absolute atomic E-state index is 0.0501. The Labute approximate surface area is 67.5 Å². The number of rotatable bonds is 3. The maximum Gasteiger partial charge on any atom is 0.253 e. The first-order chi connectivity index (χ1) is 5.59. The highest BCUT2D eigenvalue weighted by Crippen LogP contribution is 2.02. The van der Waals surface area contributed by atoms with Crippen LogP contribution in [0.15, 0.2) is 0 Å². The zero-order valence-electron chi connectivity index (χ0n) is 6.48. The Kier molecular flexibility index (Phi) is 2.64. The normalized spacial score (nSPS) is 13.8. The largest absolute Gasteiger partial charge is 0.323 e. The van der Waals surface area contributed by atoms with E-state index in [1.807, 2.05) is 0 Å². The molecule has 0 aliphatic rings. The van der Waals surface area contributed by atoms with Crippen molar-refractivity contribution < 1.29 is 8.78 Å². The summed E-state index contributed by atoms with van der Waals surface area (Å²) < 4.78 is 23.8. The van der Waals surface area contributed by atoms with Gasteiger partial charge in [0.25, 0.3) is 6.43 Å². The minimum atomic E-state index is -2.55. The van der Waals surface area contributed by atoms with Gasteiger partial charge in [0.15, 0.2) is 5.82 Å². The van der Waals surface area contributed by atoms with Gasteiger partial charge in [0.1, 0.15) is 0 Å². The van der Waals surface area contributed by atoms with Crippen LogP contribution in [0.2, 0.25) is 0 Å². The molecule has 0 aromatic carbocycles. The lowest BCUT2D eigenvalue weighted by molar-refractivity contribution is 0.115. The Morgan fingerprint density at radius 1 is 1.58 bits per heavy atom. The van der Waals surface area contributed by atoms with Crippen molar-refractivity contribution in [1.29, 1.82) is 0 Å². The highest BCUT2D eigenvalue weighted by molar-refractivity contribution is 4.83. The van der Waals surface area contributed by atoms with Crippen molar-refractivity contribution in [3.05, 3.63) is 5.82 Å². The molecule has 0 amide bonds. The zero-order valence-corrected chi connectivity index (χ0v) is 6.48. The van der Waals surface area contributed by atoms with Crippen molar-refractivity contribution in [3.63, 3.8) is 0 Å². The van der Waals surface area contributed by atoms with E-state index in [4.69, 9.17) is 5.73 Å². The summed E-state index contributed by atoms with van der Waals surface area (Å²) in [4.78, 5) is 1.20. The van der Waals surface area contributed by atoms with Gasteiger partial charge in [0.2, 0.25) is 0 Å². The molecule has 1 aromatic rings. The van der Waals surface area contributed by atoms with Gasteiger partial charge in [0.05, 0.1) is 13.1 Å². The Morgan fingerprint density at radius 3 is 2.67 bits per heavy atom. The summed E-state index contributed by atoms with van der Waals surface area (Å²) in [6, 6.07) is -1.21. The van der Waals surface area contributed by atoms with E-state index in [1.54, 1.807) is 7.05 Å². The molecule has 1 rings (SSSR count). The molecule has 0 aliphatic heterocycles. The molecular formula is C5H9F2N5. The summed E-state index contributed by atoms with van der Waals surface area (Å²) in [6.45, 7) is 0. The molecule has 0 fully saturated rings. The standard InChI is InChI=1S/C5H9F2N5/c1-12-10-4(9-11-12)2-3(8)5(6)7/h3,5H,2,8H2,1H3. The van der Waals surface area contributed by atoms with E-state index < -0.39 is 12.5 Å². The predicted octanol–water partition coefficient (Wildman–Crippen LogP) is -0.655. The number of nitrogens with zero attached hydrogens (tertiary/aromatic N) is 4. The third-order valence-electron chi connectivity index (χ3n) is 1.29. The zero-order chi connectivity index (χ0) is 9.14. The summed E-state index contributed by atoms with van der Waals surface area (Å²) >= 11 is 0. The molecule has 0 bridgehead atoms. The summed E-state index contributed by atoms with van der Waals surface area (Å²) in [5, 5.41) is 10.7. The van der Waals surface area contributed by atoms with Crippen molar-refractivity contribution in [2.24, 2.45) is 12.8 Å². The molecule has 12 heavy (non-hydrogen) atoms. The summed E-state index contributed by atoms with van der Waals surface area (Å²) in [5.41, 5.74) is 5.09. The number of hydrogen-bond acceptors (Lipinski definition) is 4. The molecular weight excluding hydrogens is 168 g/mol. The van der Waals surface area contributed by atoms with E-state index in [-0.39, 0.29) is 12.2 Å². The van der Waals surface area contributed by atoms with Crippen molar-refractivity contribution in [2.45, 2.75) is 18.9 Å². The van der Waals surface area contributed by atoms with Crippen LogP contribution in [0, 0.1) is 0 Å². The second kappa shape index (κ2) is 3.53. The first-order valence-electron chi connectivity index (χ1n) is 3.36. The fraction of sp³-hybridized carbons (Fsp3) is 0.800. The van der Waals surface area contributed by atoms with Crippen LogP contribution < -0.4 is 5.73 Å². The smallest absolute Gasteiger partial charge is 0.253 e. The van der Waals surface area contributed by atoms with Crippen LogP contribution in [0.5, 0.6) is 0 Å². The predicted molar refractivity (Wildman–Crippen MR) is 36.5 cm³/mol. The van der Waals surface area contributed by atoms with E-state index in [2.05, 4.69) is 15.4 Å². The van der Waals surface area contributed by atoms with E-state index in [9.17, 15) is 8.78 Å². The van der Waals surface area contributed by atoms with Gasteiger partial charge < -0.3 is 5.73 Å². The fourth-order valence-electron chi connectivity index (χ4n) is 0.705. The molecule has 1 aromatic heterocycles. The molecule has 0 spiro atoms. The van der Waals surface area contributed by atoms with Crippen molar-refractivity contribution in [2.75, 3.05) is 0 Å². The highest BCUT2D eigenvalue weighted by Gasteiger charge is 2.17. The average molecular weight is 177 g/mol. The van der Waals surface area contributed by atoms with Crippen LogP contribution in [-0.4, -0.2) is 32.7 Å². The Morgan fingerprint density at radius 2 is 2.25 bits per heavy atom. The number of nitrogens with two attached hydrogens (primary N) is 1. The van der Waals surface area contributed by atoms with Gasteiger partial charge >= 0.3 is 0 Å². The SMILES string of the molecule is Cn1nnc(CC(N)C(F)F)n1. The Balaban J connectivity index is 2.52. The average Bonchev–Trinajstić information content (AvgIpc) is 2.35. The van der Waals surface area contributed by atoms with Gasteiger partial charge in [-0.2, -0.15) is 4.80 Å². The molecule has 2 N–H and O–H groups in total. The van der Waals surface area contributed by atoms with Crippen LogP contribution in [0.25, 0.3) is 0 Å². The van der Waals surface area contributed by atoms with Crippen LogP contribution in [0.3, 0.4) is 0 Å². The number of alkyl halides is 2. The van der Waals surface area contributed by atoms with E-state index in [1.165, 1.54) is 4.80 Å². The van der Waals surface area contributed by atoms with Crippen LogP contribution >= 0.6 is 0 Å². The molecule has 0 aliphatic carbocycles. The van der Waals surface area contributed by atoms with Crippen LogP contribution in [0.4, 0.5) is 8.78 Å². The topological polar surface area (TPSA) is 69.6 Å². The number of hydrogen-bond donors (Lipinski definition) is 1. The van der Waals surface area contributed by atoms with Gasteiger partial charge in [-0.25, -0.2) is 8.78 Å². The monoisotopic (exact) mass is 177 g/mol. The molecule has 0 saturated carbocycles. The number of aromatic nitrogens is 4. The molecule has 7 heteroatoms. The first kappa shape index (κ1) is 8.98. The molecule has 1 atom stereocenters. The summed E-state index contributed by atoms with van der Waals surface area (Å²) in [5.74, 6) is 0.241. The molecule has 1 heterocycles. The quantitative estimate of drug-likeness (QED) is 0.665. The minimum Gasteiger partial charge on any atom is -0.323 e. The second-order valence-electron chi connectivity index (χ2n) is 2.40. The lowest BCUT2D eigenvalue weighted by atomic mass is 10.2. The van der Waals surface area contributed by atoms with Gasteiger partial charge in [-0.05, 0) is 5.21 Å². The Hall–Kier alpha value is -1.11. The molecule has 1 unspecified atom stereocenters. The van der Waals surface area contributed by atoms with Crippen molar-refractivity contribution in [1.82, 2.24) is 20.2 Å². The molecule has 5 nitrogen and oxygen atoms in total. The van der Waals surface area contributed by atoms with Crippen molar-refractivity contribution >= 4 is 0 Å². The van der Waals surface area contributed by atoms with E-state index in [0.717, 1.165) is 0 Å². The first-order valence-corrected chi connectivity index (χ1v) is 3.36. The highest BCUT2D eigenvalue weighted by atomic mass is 19.3. The van der Waals surface area contributed by atoms with Gasteiger partial charge in [0, 0.05) is 6.42 Å². The maximum absolute atomic E-state index is 11.9. The Bertz CT molecular complexity index is 248. The number of halogens is 2. The lowest BCUT2D eigenvalue weighted by Crippen LogP contribution is -2.31. The third-order valence-corrected chi connectivity index (χ3v) is 1.29. The van der Waals surface area contributed by atoms with Crippen molar-refractivity contribution in [3.8, 4) is 0 Å². The number of tetrazole rings is 1. The van der Waals surface area contributed by atoms with Gasteiger partial charge in [-0.15, -0.1) is 10.2 Å². The van der Waals surface area contributed by atoms with Gasteiger partial charge in [-0.1, -0.05) is 0 Å². The lowest BCUT2D eigenvalue weighted by Gasteiger charge is -2.05. The molecule has 0 saturated heterocycles. The van der Waals surface area contributed by atoms with Crippen LogP contribution in [0.1, 0.15) is 5.82 Å². The molecule has 0 radical (unpaired) electrons.